The molecule has 0 bridgehead atoms. The summed E-state index contributed by atoms with van der Waals surface area (Å²) in [5, 5.41) is 10.6. The van der Waals surface area contributed by atoms with E-state index in [-0.39, 0.29) is 29.3 Å². The average Bonchev–Trinajstić information content (AvgIpc) is 2.26. The van der Waals surface area contributed by atoms with Gasteiger partial charge in [-0.05, 0) is 19.1 Å². The first-order valence-corrected chi connectivity index (χ1v) is 4.62. The van der Waals surface area contributed by atoms with E-state index in [2.05, 4.69) is 4.74 Å². The summed E-state index contributed by atoms with van der Waals surface area (Å²) < 4.78 is 4.61. The molecule has 0 saturated heterocycles. The number of nitrogens with zero attached hydrogens (tertiary/aromatic N) is 1. The van der Waals surface area contributed by atoms with E-state index in [0.29, 0.717) is 0 Å². The third-order valence-corrected chi connectivity index (χ3v) is 1.87. The minimum absolute atomic E-state index is 0.0212. The fourth-order valence-electron chi connectivity index (χ4n) is 1.08. The largest absolute Gasteiger partial charge is 0.454 e. The molecule has 0 amide bonds. The van der Waals surface area contributed by atoms with Gasteiger partial charge in [-0.3, -0.25) is 14.9 Å². The number of esters is 1. The molecule has 0 atom stereocenters. The van der Waals surface area contributed by atoms with E-state index in [4.69, 9.17) is 5.73 Å². The van der Waals surface area contributed by atoms with Crippen LogP contribution in [0, 0.1) is 10.1 Å². The average molecular weight is 238 g/mol. The summed E-state index contributed by atoms with van der Waals surface area (Å²) in [6, 6.07) is 3.55. The summed E-state index contributed by atoms with van der Waals surface area (Å²) in [5.41, 5.74) is 4.93. The van der Waals surface area contributed by atoms with Gasteiger partial charge in [-0.25, -0.2) is 4.79 Å². The van der Waals surface area contributed by atoms with Gasteiger partial charge in [-0.15, -0.1) is 0 Å². The minimum Gasteiger partial charge on any atom is -0.454 e. The number of Topliss-reactive ketones (excluding diaryl/α,β-unsaturated/α-hetero) is 1. The Hall–Kier alpha value is -2.44. The number of rotatable bonds is 4. The highest BCUT2D eigenvalue weighted by Gasteiger charge is 2.16. The number of nitrogens with two attached hydrogens (primary N) is 1. The molecule has 0 spiro atoms. The van der Waals surface area contributed by atoms with Crippen molar-refractivity contribution in [2.75, 3.05) is 12.3 Å². The molecule has 0 unspecified atom stereocenters. The van der Waals surface area contributed by atoms with Gasteiger partial charge in [0.05, 0.1) is 10.5 Å². The standard InChI is InChI=1S/C10H10N2O5/c1-6(13)5-17-10(14)7-2-3-8(11)9(4-7)12(15)16/h2-4H,5,11H2,1H3. The van der Waals surface area contributed by atoms with Gasteiger partial charge >= 0.3 is 5.97 Å². The van der Waals surface area contributed by atoms with Crippen LogP contribution in [0.15, 0.2) is 18.2 Å². The van der Waals surface area contributed by atoms with Crippen LogP contribution < -0.4 is 5.73 Å². The highest BCUT2D eigenvalue weighted by molar-refractivity contribution is 5.92. The van der Waals surface area contributed by atoms with Gasteiger partial charge in [0.1, 0.15) is 12.3 Å². The highest BCUT2D eigenvalue weighted by atomic mass is 16.6. The minimum atomic E-state index is -0.802. The van der Waals surface area contributed by atoms with Crippen LogP contribution in [0.2, 0.25) is 0 Å². The van der Waals surface area contributed by atoms with E-state index >= 15 is 0 Å². The smallest absolute Gasteiger partial charge is 0.338 e. The van der Waals surface area contributed by atoms with E-state index in [1.165, 1.54) is 19.1 Å². The second kappa shape index (κ2) is 5.06. The van der Waals surface area contributed by atoms with Gasteiger partial charge < -0.3 is 10.5 Å². The van der Waals surface area contributed by atoms with Gasteiger partial charge in [0.2, 0.25) is 0 Å². The summed E-state index contributed by atoms with van der Waals surface area (Å²) in [6.45, 7) is 0.899. The second-order valence-corrected chi connectivity index (χ2v) is 3.31. The molecule has 0 aliphatic carbocycles. The number of carbonyl (C=O) groups is 2. The maximum atomic E-state index is 11.4. The first-order valence-electron chi connectivity index (χ1n) is 4.62. The summed E-state index contributed by atoms with van der Waals surface area (Å²) in [6.07, 6.45) is 0. The number of ether oxygens (including phenoxy) is 1. The van der Waals surface area contributed by atoms with Crippen molar-refractivity contribution < 1.29 is 19.2 Å². The number of ketones is 1. The summed E-state index contributed by atoms with van der Waals surface area (Å²) in [4.78, 5) is 31.9. The van der Waals surface area contributed by atoms with Crippen LogP contribution in [0.25, 0.3) is 0 Å². The zero-order valence-corrected chi connectivity index (χ0v) is 9.00. The van der Waals surface area contributed by atoms with Crippen LogP contribution in [0.4, 0.5) is 11.4 Å². The molecule has 17 heavy (non-hydrogen) atoms. The number of carbonyl (C=O) groups excluding carboxylic acids is 2. The molecule has 0 radical (unpaired) electrons. The Kier molecular flexibility index (Phi) is 3.76. The molecule has 0 fully saturated rings. The molecular weight excluding hydrogens is 228 g/mol. The van der Waals surface area contributed by atoms with Gasteiger partial charge in [-0.2, -0.15) is 0 Å². The Bertz CT molecular complexity index is 484. The summed E-state index contributed by atoms with van der Waals surface area (Å²) in [5.74, 6) is -1.12. The maximum absolute atomic E-state index is 11.4. The molecule has 1 aromatic rings. The first-order chi connectivity index (χ1) is 7.91. The van der Waals surface area contributed by atoms with Crippen LogP contribution in [-0.4, -0.2) is 23.3 Å². The van der Waals surface area contributed by atoms with Crippen molar-refractivity contribution in [3.63, 3.8) is 0 Å². The van der Waals surface area contributed by atoms with E-state index < -0.39 is 10.9 Å². The predicted octanol–water partition coefficient (Wildman–Crippen LogP) is 0.923. The summed E-state index contributed by atoms with van der Waals surface area (Å²) >= 11 is 0. The van der Waals surface area contributed by atoms with Crippen molar-refractivity contribution in [3.05, 3.63) is 33.9 Å². The van der Waals surface area contributed by atoms with Gasteiger partial charge in [0.15, 0.2) is 5.78 Å². The topological polar surface area (TPSA) is 113 Å². The molecule has 1 rings (SSSR count). The number of anilines is 1. The lowest BCUT2D eigenvalue weighted by Gasteiger charge is -2.03. The van der Waals surface area contributed by atoms with E-state index in [9.17, 15) is 19.7 Å². The molecule has 0 saturated carbocycles. The molecule has 2 N–H and O–H groups in total. The number of nitro groups is 1. The molecule has 0 heterocycles. The lowest BCUT2D eigenvalue weighted by atomic mass is 10.2. The van der Waals surface area contributed by atoms with Gasteiger partial charge in [0, 0.05) is 6.07 Å². The van der Waals surface area contributed by atoms with Crippen LogP contribution >= 0.6 is 0 Å². The van der Waals surface area contributed by atoms with Crippen molar-refractivity contribution in [2.24, 2.45) is 0 Å². The second-order valence-electron chi connectivity index (χ2n) is 3.31. The van der Waals surface area contributed by atoms with Crippen molar-refractivity contribution >= 4 is 23.1 Å². The van der Waals surface area contributed by atoms with Crippen molar-refractivity contribution in [1.82, 2.24) is 0 Å². The molecule has 7 heteroatoms. The third kappa shape index (κ3) is 3.26. The molecule has 7 nitrogen and oxygen atoms in total. The lowest BCUT2D eigenvalue weighted by Crippen LogP contribution is -2.11. The fourth-order valence-corrected chi connectivity index (χ4v) is 1.08. The normalized spacial score (nSPS) is 9.71. The quantitative estimate of drug-likeness (QED) is 0.361. The number of hydrogen-bond donors (Lipinski definition) is 1. The van der Waals surface area contributed by atoms with E-state index in [1.807, 2.05) is 0 Å². The predicted molar refractivity (Wildman–Crippen MR) is 58.5 cm³/mol. The van der Waals surface area contributed by atoms with E-state index in [1.54, 1.807) is 0 Å². The molecule has 0 aliphatic heterocycles. The first kappa shape index (κ1) is 12.6. The number of benzene rings is 1. The molecule has 0 aliphatic rings. The summed E-state index contributed by atoms with van der Waals surface area (Å²) in [7, 11) is 0. The van der Waals surface area contributed by atoms with E-state index in [0.717, 1.165) is 6.07 Å². The Labute approximate surface area is 96.3 Å². The van der Waals surface area contributed by atoms with Crippen molar-refractivity contribution in [1.29, 1.82) is 0 Å². The number of hydrogen-bond acceptors (Lipinski definition) is 6. The van der Waals surface area contributed by atoms with Gasteiger partial charge in [0.25, 0.3) is 5.69 Å². The molecule has 1 aromatic carbocycles. The molecule has 90 valence electrons. The fraction of sp³-hybridized carbons (Fsp3) is 0.200. The van der Waals surface area contributed by atoms with Crippen LogP contribution in [0.3, 0.4) is 0 Å². The maximum Gasteiger partial charge on any atom is 0.338 e. The van der Waals surface area contributed by atoms with Crippen molar-refractivity contribution in [2.45, 2.75) is 6.92 Å². The number of nitrogen functional groups attached to an aromatic ring is 1. The van der Waals surface area contributed by atoms with Gasteiger partial charge in [-0.1, -0.05) is 0 Å². The Morgan fingerprint density at radius 2 is 2.12 bits per heavy atom. The number of nitro benzene ring substituents is 1. The Balaban J connectivity index is 2.92. The van der Waals surface area contributed by atoms with Crippen LogP contribution in [-0.2, 0) is 9.53 Å². The SMILES string of the molecule is CC(=O)COC(=O)c1ccc(N)c([N+](=O)[O-])c1. The van der Waals surface area contributed by atoms with Crippen LogP contribution in [0.5, 0.6) is 0 Å². The third-order valence-electron chi connectivity index (χ3n) is 1.87. The molecule has 0 aromatic heterocycles. The zero-order chi connectivity index (χ0) is 13.0. The Morgan fingerprint density at radius 1 is 1.47 bits per heavy atom. The van der Waals surface area contributed by atoms with Crippen LogP contribution in [0.1, 0.15) is 17.3 Å². The zero-order valence-electron chi connectivity index (χ0n) is 9.00. The molecular formula is C10H10N2O5. The Morgan fingerprint density at radius 3 is 2.65 bits per heavy atom. The lowest BCUT2D eigenvalue weighted by molar-refractivity contribution is -0.383. The van der Waals surface area contributed by atoms with Crippen molar-refractivity contribution in [3.8, 4) is 0 Å². The monoisotopic (exact) mass is 238 g/mol. The highest BCUT2D eigenvalue weighted by Crippen LogP contribution is 2.22.